The fourth-order valence-electron chi connectivity index (χ4n) is 14.8. The third-order valence-electron chi connectivity index (χ3n) is 18.8. The average molecular weight is 947 g/mol. The Labute approximate surface area is 388 Å². The highest BCUT2D eigenvalue weighted by Gasteiger charge is 2.72. The van der Waals surface area contributed by atoms with Gasteiger partial charge in [0.2, 0.25) is 0 Å². The third kappa shape index (κ3) is 8.90. The van der Waals surface area contributed by atoms with E-state index in [1.165, 1.54) is 0 Å². The highest BCUT2D eigenvalue weighted by molar-refractivity contribution is 5.20. The minimum atomic E-state index is -1.72. The molecule has 0 amide bonds. The van der Waals surface area contributed by atoms with Gasteiger partial charge in [-0.2, -0.15) is 0 Å². The summed E-state index contributed by atoms with van der Waals surface area (Å²) in [4.78, 5) is 0. The SMILES string of the molecule is CC(C)=CCC[C@](C)(O[C@@H]1O[C@H](CO[C@@H]2O[C@H](CO)[C@@H](O)[C@H](O)[C@H]2O)[C@@H](O)[C@H](O)[C@H]1O)[C@H]1CC[C@]2(C)C1[C@H](O)CC1[C@@]3(C)CC[C@H](O[C@@H]4O[C@H](CO)[C@@H](O)[C@H](O)[C@H]4O)C(C)(C)C3CC[C@]12C. The van der Waals surface area contributed by atoms with Crippen LogP contribution in [-0.2, 0) is 28.4 Å². The molecule has 0 spiro atoms. The van der Waals surface area contributed by atoms with E-state index in [-0.39, 0.29) is 46.0 Å². The number of ether oxygens (including phenoxy) is 6. The van der Waals surface area contributed by atoms with Crippen molar-refractivity contribution in [3.05, 3.63) is 11.6 Å². The normalized spacial score (nSPS) is 52.4. The van der Waals surface area contributed by atoms with Crippen LogP contribution < -0.4 is 0 Å². The van der Waals surface area contributed by atoms with Gasteiger partial charge in [-0.1, -0.05) is 46.3 Å². The van der Waals surface area contributed by atoms with Crippen LogP contribution in [0.25, 0.3) is 0 Å². The lowest BCUT2D eigenvalue weighted by molar-refractivity contribution is -0.350. The van der Waals surface area contributed by atoms with E-state index in [9.17, 15) is 61.3 Å². The second-order valence-electron chi connectivity index (χ2n) is 22.9. The maximum absolute atomic E-state index is 12.7. The van der Waals surface area contributed by atoms with E-state index in [1.807, 2.05) is 20.8 Å². The maximum atomic E-state index is 12.7. The summed E-state index contributed by atoms with van der Waals surface area (Å²) in [6.07, 6.45) is -14.9. The zero-order chi connectivity index (χ0) is 48.6. The Hall–Kier alpha value is -0.980. The van der Waals surface area contributed by atoms with Crippen LogP contribution in [0, 0.1) is 45.3 Å². The summed E-state index contributed by atoms with van der Waals surface area (Å²) < 4.78 is 36.6. The topological polar surface area (TPSA) is 298 Å². The van der Waals surface area contributed by atoms with Gasteiger partial charge in [-0.25, -0.2) is 0 Å². The van der Waals surface area contributed by atoms with Crippen molar-refractivity contribution in [3.63, 3.8) is 0 Å². The van der Waals surface area contributed by atoms with Crippen molar-refractivity contribution in [3.8, 4) is 0 Å². The Morgan fingerprint density at radius 3 is 1.74 bits per heavy atom. The maximum Gasteiger partial charge on any atom is 0.187 e. The molecule has 18 nitrogen and oxygen atoms in total. The summed E-state index contributed by atoms with van der Waals surface area (Å²) in [7, 11) is 0. The Bertz CT molecular complexity index is 1680. The minimum Gasteiger partial charge on any atom is -0.394 e. The standard InChI is InChI=1S/C48H82O18/c1-22(2)10-9-14-48(8,66-43-40(60)37(57)34(54)27(64-43)21-61-41-38(58)35(55)32(52)25(19-49)62-41)23-11-16-47(7)31(23)24(51)18-29-45(5)15-13-30(44(3,4)28(45)12-17-46(29,47)6)65-42-39(59)36(56)33(53)26(20-50)63-42/h10,23-43,49-60H,9,11-21H2,1-8H3/t23-,24+,25+,26+,27+,28?,29?,30-,31?,32+,33+,34+,35-,36-,37-,38+,39+,40+,41+,42-,43-,45-,46+,47+,48-/m0/s1. The van der Waals surface area contributed by atoms with Crippen molar-refractivity contribution in [2.45, 2.75) is 223 Å². The van der Waals surface area contributed by atoms with Gasteiger partial charge < -0.3 is 89.7 Å². The van der Waals surface area contributed by atoms with E-state index < -0.39 is 129 Å². The molecule has 7 aliphatic rings. The van der Waals surface area contributed by atoms with Gasteiger partial charge in [0.25, 0.3) is 0 Å². The van der Waals surface area contributed by atoms with Crippen molar-refractivity contribution in [2.24, 2.45) is 45.3 Å². The lowest BCUT2D eigenvalue weighted by Crippen LogP contribution is -2.67. The molecular weight excluding hydrogens is 865 g/mol. The second kappa shape index (κ2) is 19.6. The van der Waals surface area contributed by atoms with Crippen LogP contribution in [0.2, 0.25) is 0 Å². The molecule has 0 aromatic rings. The third-order valence-corrected chi connectivity index (χ3v) is 18.8. The molecule has 18 heteroatoms. The summed E-state index contributed by atoms with van der Waals surface area (Å²) in [6, 6.07) is 0. The lowest BCUT2D eigenvalue weighted by Gasteiger charge is -2.71. The van der Waals surface area contributed by atoms with Crippen LogP contribution in [0.3, 0.4) is 0 Å². The van der Waals surface area contributed by atoms with Gasteiger partial charge in [0.1, 0.15) is 73.2 Å². The molecule has 7 fully saturated rings. The summed E-state index contributed by atoms with van der Waals surface area (Å²) >= 11 is 0. The zero-order valence-corrected chi connectivity index (χ0v) is 40.0. The van der Waals surface area contributed by atoms with Gasteiger partial charge in [0.15, 0.2) is 18.9 Å². The summed E-state index contributed by atoms with van der Waals surface area (Å²) in [5.41, 5.74) is -1.06. The largest absolute Gasteiger partial charge is 0.394 e. The molecule has 66 heavy (non-hydrogen) atoms. The van der Waals surface area contributed by atoms with Gasteiger partial charge in [-0.15, -0.1) is 0 Å². The molecule has 0 radical (unpaired) electrons. The zero-order valence-electron chi connectivity index (χ0n) is 40.0. The van der Waals surface area contributed by atoms with E-state index in [0.29, 0.717) is 32.1 Å². The molecule has 4 aliphatic carbocycles. The molecule has 25 atom stereocenters. The van der Waals surface area contributed by atoms with E-state index >= 15 is 0 Å². The van der Waals surface area contributed by atoms with Gasteiger partial charge in [-0.3, -0.25) is 0 Å². The van der Waals surface area contributed by atoms with Crippen LogP contribution in [0.5, 0.6) is 0 Å². The van der Waals surface area contributed by atoms with Crippen LogP contribution in [-0.4, -0.2) is 191 Å². The number of rotatable bonds is 13. The highest BCUT2D eigenvalue weighted by Crippen LogP contribution is 2.76. The van der Waals surface area contributed by atoms with Crippen molar-refractivity contribution < 1.29 is 89.7 Å². The number of hydrogen-bond acceptors (Lipinski definition) is 18. The Morgan fingerprint density at radius 1 is 0.621 bits per heavy atom. The first kappa shape index (κ1) is 52.8. The number of hydrogen-bond donors (Lipinski definition) is 12. The molecule has 0 bridgehead atoms. The first-order valence-corrected chi connectivity index (χ1v) is 24.4. The molecule has 0 aromatic heterocycles. The van der Waals surface area contributed by atoms with E-state index in [4.69, 9.17) is 28.4 Å². The molecule has 12 N–H and O–H groups in total. The Morgan fingerprint density at radius 2 is 1.15 bits per heavy atom. The van der Waals surface area contributed by atoms with Crippen molar-refractivity contribution in [2.75, 3.05) is 19.8 Å². The summed E-state index contributed by atoms with van der Waals surface area (Å²) in [6.45, 7) is 15.8. The van der Waals surface area contributed by atoms with Crippen LogP contribution >= 0.6 is 0 Å². The predicted octanol–water partition coefficient (Wildman–Crippen LogP) is -0.0268. The van der Waals surface area contributed by atoms with Crippen molar-refractivity contribution >= 4 is 0 Å². The molecule has 0 aromatic carbocycles. The first-order chi connectivity index (χ1) is 30.8. The molecular formula is C48H82O18. The van der Waals surface area contributed by atoms with Gasteiger partial charge in [0, 0.05) is 0 Å². The smallest absolute Gasteiger partial charge is 0.187 e. The predicted molar refractivity (Wildman–Crippen MR) is 234 cm³/mol. The Kier molecular flexibility index (Phi) is 15.7. The molecule has 3 saturated heterocycles. The fraction of sp³-hybridized carbons (Fsp3) is 0.958. The van der Waals surface area contributed by atoms with Crippen molar-refractivity contribution in [1.82, 2.24) is 0 Å². The van der Waals surface area contributed by atoms with Crippen LogP contribution in [0.4, 0.5) is 0 Å². The van der Waals surface area contributed by atoms with Crippen LogP contribution in [0.1, 0.15) is 113 Å². The lowest BCUT2D eigenvalue weighted by atomic mass is 9.35. The Balaban J connectivity index is 1.11. The number of fused-ring (bicyclic) bond motifs is 5. The van der Waals surface area contributed by atoms with Gasteiger partial charge in [0.05, 0.1) is 37.6 Å². The van der Waals surface area contributed by atoms with E-state index in [1.54, 1.807) is 0 Å². The molecule has 3 heterocycles. The van der Waals surface area contributed by atoms with E-state index in [0.717, 1.165) is 31.3 Å². The highest BCUT2D eigenvalue weighted by atomic mass is 16.7. The second-order valence-corrected chi connectivity index (χ2v) is 22.9. The first-order valence-electron chi connectivity index (χ1n) is 24.4. The summed E-state index contributed by atoms with van der Waals surface area (Å²) in [5, 5.41) is 129. The van der Waals surface area contributed by atoms with Crippen molar-refractivity contribution in [1.29, 1.82) is 0 Å². The minimum absolute atomic E-state index is 0.133. The number of allylic oxidation sites excluding steroid dienone is 2. The van der Waals surface area contributed by atoms with Gasteiger partial charge >= 0.3 is 0 Å². The number of aliphatic hydroxyl groups excluding tert-OH is 12. The summed E-state index contributed by atoms with van der Waals surface area (Å²) in [5.74, 6) is -0.128. The van der Waals surface area contributed by atoms with Crippen LogP contribution in [0.15, 0.2) is 11.6 Å². The molecule has 3 unspecified atom stereocenters. The number of aliphatic hydroxyl groups is 12. The monoisotopic (exact) mass is 947 g/mol. The molecule has 7 rings (SSSR count). The van der Waals surface area contributed by atoms with Gasteiger partial charge in [-0.05, 0) is 124 Å². The van der Waals surface area contributed by atoms with E-state index in [2.05, 4.69) is 40.7 Å². The molecule has 4 saturated carbocycles. The molecule has 382 valence electrons. The quantitative estimate of drug-likeness (QED) is 0.0853. The fourth-order valence-corrected chi connectivity index (χ4v) is 14.8. The molecule has 3 aliphatic heterocycles. The average Bonchev–Trinajstić information content (AvgIpc) is 3.65.